The van der Waals surface area contributed by atoms with Gasteiger partial charge in [0, 0.05) is 11.7 Å². The number of benzene rings is 2. The molecule has 0 radical (unpaired) electrons. The summed E-state index contributed by atoms with van der Waals surface area (Å²) in [5.74, 6) is -1.10. The van der Waals surface area contributed by atoms with Crippen molar-refractivity contribution < 1.29 is 22.7 Å². The van der Waals surface area contributed by atoms with E-state index in [1.165, 1.54) is 31.2 Å². The number of hydrogen-bond acceptors (Lipinski definition) is 5. The maximum atomic E-state index is 12.3. The molecule has 0 bridgehead atoms. The van der Waals surface area contributed by atoms with Crippen LogP contribution >= 0.6 is 0 Å². The van der Waals surface area contributed by atoms with Gasteiger partial charge in [-0.3, -0.25) is 4.79 Å². The lowest BCUT2D eigenvalue weighted by atomic mass is 10.1. The summed E-state index contributed by atoms with van der Waals surface area (Å²) in [4.78, 5) is 24.6. The monoisotopic (exact) mass is 404 g/mol. The molecule has 2 aromatic carbocycles. The molecule has 1 amide bonds. The first-order valence-corrected chi connectivity index (χ1v) is 10.3. The van der Waals surface area contributed by atoms with Crippen LogP contribution in [0, 0.1) is 6.92 Å². The fourth-order valence-electron chi connectivity index (χ4n) is 2.42. The zero-order valence-corrected chi connectivity index (χ0v) is 17.0. The topological polar surface area (TPSA) is 102 Å². The SMILES string of the molecule is Cc1ccccc1C(=O)OC(C)C(=O)Nc1ccc(S(=O)(=O)NC(C)C)cc1. The van der Waals surface area contributed by atoms with Gasteiger partial charge in [-0.2, -0.15) is 0 Å². The fourth-order valence-corrected chi connectivity index (χ4v) is 3.67. The Hall–Kier alpha value is -2.71. The number of carbonyl (C=O) groups excluding carboxylic acids is 2. The summed E-state index contributed by atoms with van der Waals surface area (Å²) < 4.78 is 31.9. The van der Waals surface area contributed by atoms with E-state index in [-0.39, 0.29) is 10.9 Å². The Morgan fingerprint density at radius 1 is 0.964 bits per heavy atom. The van der Waals surface area contributed by atoms with Crippen molar-refractivity contribution in [3.05, 3.63) is 59.7 Å². The van der Waals surface area contributed by atoms with Gasteiger partial charge in [-0.15, -0.1) is 0 Å². The number of anilines is 1. The summed E-state index contributed by atoms with van der Waals surface area (Å²) in [5.41, 5.74) is 1.55. The molecule has 2 N–H and O–H groups in total. The predicted molar refractivity (Wildman–Crippen MR) is 107 cm³/mol. The Bertz CT molecular complexity index is 953. The highest BCUT2D eigenvalue weighted by atomic mass is 32.2. The Kier molecular flexibility index (Phi) is 6.93. The van der Waals surface area contributed by atoms with Gasteiger partial charge in [-0.05, 0) is 63.6 Å². The van der Waals surface area contributed by atoms with Gasteiger partial charge in [-0.1, -0.05) is 18.2 Å². The molecule has 1 unspecified atom stereocenters. The van der Waals surface area contributed by atoms with E-state index in [1.54, 1.807) is 39.0 Å². The van der Waals surface area contributed by atoms with Crippen LogP contribution in [0.1, 0.15) is 36.7 Å². The van der Waals surface area contributed by atoms with E-state index in [0.717, 1.165) is 5.56 Å². The molecule has 0 spiro atoms. The smallest absolute Gasteiger partial charge is 0.339 e. The molecule has 1 atom stereocenters. The average Bonchev–Trinajstić information content (AvgIpc) is 2.61. The highest BCUT2D eigenvalue weighted by Gasteiger charge is 2.20. The zero-order valence-electron chi connectivity index (χ0n) is 16.2. The second kappa shape index (κ2) is 8.99. The van der Waals surface area contributed by atoms with Crippen LogP contribution in [0.3, 0.4) is 0 Å². The van der Waals surface area contributed by atoms with Gasteiger partial charge < -0.3 is 10.1 Å². The molecule has 0 aromatic heterocycles. The third-order valence-corrected chi connectivity index (χ3v) is 5.52. The lowest BCUT2D eigenvalue weighted by molar-refractivity contribution is -0.123. The van der Waals surface area contributed by atoms with Gasteiger partial charge in [0.25, 0.3) is 5.91 Å². The number of hydrogen-bond donors (Lipinski definition) is 2. The van der Waals surface area contributed by atoms with Crippen molar-refractivity contribution in [2.75, 3.05) is 5.32 Å². The number of nitrogens with one attached hydrogen (secondary N) is 2. The van der Waals surface area contributed by atoms with Crippen LogP contribution in [-0.4, -0.2) is 32.4 Å². The molecule has 0 aliphatic heterocycles. The molecule has 28 heavy (non-hydrogen) atoms. The van der Waals surface area contributed by atoms with Crippen molar-refractivity contribution in [3.8, 4) is 0 Å². The third kappa shape index (κ3) is 5.64. The molecule has 2 rings (SSSR count). The number of aryl methyl sites for hydroxylation is 1. The van der Waals surface area contributed by atoms with Gasteiger partial charge in [0.05, 0.1) is 10.5 Å². The molecule has 0 saturated carbocycles. The summed E-state index contributed by atoms with van der Waals surface area (Å²) in [6.07, 6.45) is -1.02. The van der Waals surface area contributed by atoms with Gasteiger partial charge in [-0.25, -0.2) is 17.9 Å². The number of rotatable bonds is 7. The number of sulfonamides is 1. The molecular weight excluding hydrogens is 380 g/mol. The summed E-state index contributed by atoms with van der Waals surface area (Å²) in [7, 11) is -3.60. The molecule has 150 valence electrons. The quantitative estimate of drug-likeness (QED) is 0.691. The largest absolute Gasteiger partial charge is 0.449 e. The summed E-state index contributed by atoms with van der Waals surface area (Å²) >= 11 is 0. The van der Waals surface area contributed by atoms with E-state index in [0.29, 0.717) is 11.3 Å². The van der Waals surface area contributed by atoms with Gasteiger partial charge >= 0.3 is 5.97 Å². The molecule has 0 aliphatic rings. The molecular formula is C20H24N2O5S. The lowest BCUT2D eigenvalue weighted by Crippen LogP contribution is -2.31. The van der Waals surface area contributed by atoms with Crippen molar-refractivity contribution >= 4 is 27.6 Å². The number of ether oxygens (including phenoxy) is 1. The Balaban J connectivity index is 2.00. The van der Waals surface area contributed by atoms with E-state index in [2.05, 4.69) is 10.0 Å². The van der Waals surface area contributed by atoms with Crippen LogP contribution in [0.15, 0.2) is 53.4 Å². The van der Waals surface area contributed by atoms with Crippen LogP contribution in [0.25, 0.3) is 0 Å². The fraction of sp³-hybridized carbons (Fsp3) is 0.300. The van der Waals surface area contributed by atoms with Crippen LogP contribution in [0.4, 0.5) is 5.69 Å². The molecule has 8 heteroatoms. The van der Waals surface area contributed by atoms with E-state index < -0.39 is 28.0 Å². The molecule has 2 aromatic rings. The minimum atomic E-state index is -3.60. The first-order chi connectivity index (χ1) is 13.1. The predicted octanol–water partition coefficient (Wildman–Crippen LogP) is 2.87. The summed E-state index contributed by atoms with van der Waals surface area (Å²) in [5, 5.41) is 2.60. The van der Waals surface area contributed by atoms with Crippen LogP contribution in [0.2, 0.25) is 0 Å². The van der Waals surface area contributed by atoms with Crippen molar-refractivity contribution in [2.24, 2.45) is 0 Å². The highest BCUT2D eigenvalue weighted by Crippen LogP contribution is 2.16. The van der Waals surface area contributed by atoms with Crippen LogP contribution in [0.5, 0.6) is 0 Å². The normalized spacial score (nSPS) is 12.5. The minimum Gasteiger partial charge on any atom is -0.449 e. The summed E-state index contributed by atoms with van der Waals surface area (Å²) in [6, 6.07) is 12.5. The highest BCUT2D eigenvalue weighted by molar-refractivity contribution is 7.89. The Morgan fingerprint density at radius 2 is 1.57 bits per heavy atom. The number of amides is 1. The van der Waals surface area contributed by atoms with Crippen LogP contribution < -0.4 is 10.0 Å². The maximum Gasteiger partial charge on any atom is 0.339 e. The number of esters is 1. The Morgan fingerprint density at radius 3 is 2.14 bits per heavy atom. The molecule has 0 saturated heterocycles. The minimum absolute atomic E-state index is 0.0956. The van der Waals surface area contributed by atoms with E-state index in [4.69, 9.17) is 4.74 Å². The first-order valence-electron chi connectivity index (χ1n) is 8.80. The van der Waals surface area contributed by atoms with Crippen molar-refractivity contribution in [2.45, 2.75) is 44.7 Å². The van der Waals surface area contributed by atoms with Crippen molar-refractivity contribution in [3.63, 3.8) is 0 Å². The summed E-state index contributed by atoms with van der Waals surface area (Å²) in [6.45, 7) is 6.71. The van der Waals surface area contributed by atoms with E-state index in [9.17, 15) is 18.0 Å². The lowest BCUT2D eigenvalue weighted by Gasteiger charge is -2.15. The zero-order chi connectivity index (χ0) is 20.9. The van der Waals surface area contributed by atoms with E-state index >= 15 is 0 Å². The molecule has 7 nitrogen and oxygen atoms in total. The number of carbonyl (C=O) groups is 2. The van der Waals surface area contributed by atoms with Crippen molar-refractivity contribution in [1.82, 2.24) is 4.72 Å². The van der Waals surface area contributed by atoms with Gasteiger partial charge in [0.1, 0.15) is 0 Å². The van der Waals surface area contributed by atoms with Gasteiger partial charge in [0.2, 0.25) is 10.0 Å². The van der Waals surface area contributed by atoms with E-state index in [1.807, 2.05) is 6.07 Å². The van der Waals surface area contributed by atoms with Crippen LogP contribution in [-0.2, 0) is 19.6 Å². The second-order valence-electron chi connectivity index (χ2n) is 6.65. The van der Waals surface area contributed by atoms with Gasteiger partial charge in [0.15, 0.2) is 6.10 Å². The third-order valence-electron chi connectivity index (χ3n) is 3.84. The molecule has 0 heterocycles. The maximum absolute atomic E-state index is 12.3. The average molecular weight is 404 g/mol. The standard InChI is InChI=1S/C20H24N2O5S/c1-13(2)22-28(25,26)17-11-9-16(10-12-17)21-19(23)15(4)27-20(24)18-8-6-5-7-14(18)3/h5-13,15,22H,1-4H3,(H,21,23). The first kappa shape index (κ1) is 21.6. The molecule has 0 fully saturated rings. The second-order valence-corrected chi connectivity index (χ2v) is 8.37. The van der Waals surface area contributed by atoms with Crippen molar-refractivity contribution in [1.29, 1.82) is 0 Å². The Labute approximate surface area is 165 Å². The molecule has 0 aliphatic carbocycles.